The Morgan fingerprint density at radius 2 is 1.82 bits per heavy atom. The molecule has 0 aliphatic carbocycles. The summed E-state index contributed by atoms with van der Waals surface area (Å²) in [4.78, 5) is 12.5. The van der Waals surface area contributed by atoms with Gasteiger partial charge in [-0.1, -0.05) is 23.4 Å². The summed E-state index contributed by atoms with van der Waals surface area (Å²) in [6.45, 7) is 0. The van der Waals surface area contributed by atoms with Gasteiger partial charge in [-0.15, -0.1) is 10.2 Å². The minimum Gasteiger partial charge on any atom is -0.461 e. The zero-order valence-electron chi connectivity index (χ0n) is 14.4. The van der Waals surface area contributed by atoms with Gasteiger partial charge >= 0.3 is 0 Å². The van der Waals surface area contributed by atoms with Gasteiger partial charge in [0.2, 0.25) is 5.82 Å². The lowest BCUT2D eigenvalue weighted by atomic mass is 10.1. The molecule has 0 fully saturated rings. The average Bonchev–Trinajstić information content (AvgIpc) is 3.37. The molecule has 0 radical (unpaired) electrons. The van der Waals surface area contributed by atoms with Crippen molar-refractivity contribution in [3.05, 3.63) is 83.3 Å². The van der Waals surface area contributed by atoms with Crippen LogP contribution in [0.15, 0.2) is 76.5 Å². The van der Waals surface area contributed by atoms with Gasteiger partial charge in [-0.25, -0.2) is 4.39 Å². The molecule has 2 aromatic heterocycles. The molecule has 0 spiro atoms. The maximum absolute atomic E-state index is 13.4. The van der Waals surface area contributed by atoms with E-state index in [4.69, 9.17) is 16.0 Å². The first kappa shape index (κ1) is 18.5. The summed E-state index contributed by atoms with van der Waals surface area (Å²) in [5, 5.41) is 9.47. The minimum absolute atomic E-state index is 0.0603. The van der Waals surface area contributed by atoms with Crippen molar-refractivity contribution in [3.63, 3.8) is 0 Å². The highest BCUT2D eigenvalue weighted by Gasteiger charge is 2.19. The van der Waals surface area contributed by atoms with E-state index in [9.17, 15) is 9.18 Å². The molecule has 8 heteroatoms. The van der Waals surface area contributed by atoms with E-state index in [-0.39, 0.29) is 17.4 Å². The van der Waals surface area contributed by atoms with Crippen molar-refractivity contribution in [2.24, 2.45) is 0 Å². The molecule has 0 amide bonds. The summed E-state index contributed by atoms with van der Waals surface area (Å²) < 4.78 is 20.5. The summed E-state index contributed by atoms with van der Waals surface area (Å²) >= 11 is 7.11. The van der Waals surface area contributed by atoms with Crippen molar-refractivity contribution in [1.82, 2.24) is 14.8 Å². The van der Waals surface area contributed by atoms with Crippen molar-refractivity contribution in [3.8, 4) is 17.3 Å². The van der Waals surface area contributed by atoms with Crippen molar-refractivity contribution in [2.45, 2.75) is 5.16 Å². The molecule has 0 unspecified atom stereocenters. The summed E-state index contributed by atoms with van der Waals surface area (Å²) in [6, 6.07) is 16.2. The third-order valence-corrected chi connectivity index (χ3v) is 5.14. The Morgan fingerprint density at radius 3 is 2.50 bits per heavy atom. The van der Waals surface area contributed by atoms with Crippen LogP contribution in [0.25, 0.3) is 17.3 Å². The van der Waals surface area contributed by atoms with E-state index in [2.05, 4.69) is 10.2 Å². The largest absolute Gasteiger partial charge is 0.461 e. The third-order valence-electron chi connectivity index (χ3n) is 3.96. The molecule has 140 valence electrons. The van der Waals surface area contributed by atoms with Crippen molar-refractivity contribution in [1.29, 1.82) is 0 Å². The van der Waals surface area contributed by atoms with Crippen LogP contribution in [0.2, 0.25) is 5.02 Å². The number of carbonyl (C=O) groups is 1. The second kappa shape index (κ2) is 8.00. The number of Topliss-reactive ketones (excluding diaryl/α,β-unsaturated/α-hetero) is 1. The Balaban J connectivity index is 1.64. The molecule has 5 nitrogen and oxygen atoms in total. The molecular weight excluding hydrogens is 401 g/mol. The lowest BCUT2D eigenvalue weighted by molar-refractivity contribution is 0.102. The highest BCUT2D eigenvalue weighted by Crippen LogP contribution is 2.28. The topological polar surface area (TPSA) is 60.9 Å². The Bertz CT molecular complexity index is 1090. The van der Waals surface area contributed by atoms with Crippen LogP contribution in [0.1, 0.15) is 10.4 Å². The van der Waals surface area contributed by atoms with Crippen LogP contribution in [0.4, 0.5) is 4.39 Å². The second-order valence-electron chi connectivity index (χ2n) is 5.81. The van der Waals surface area contributed by atoms with Crippen LogP contribution in [0.3, 0.4) is 0 Å². The zero-order valence-corrected chi connectivity index (χ0v) is 16.0. The molecule has 0 atom stereocenters. The normalized spacial score (nSPS) is 10.9. The molecule has 0 aliphatic rings. The Morgan fingerprint density at radius 1 is 1.07 bits per heavy atom. The molecule has 0 saturated carbocycles. The number of halogens is 2. The maximum Gasteiger partial charge on any atom is 0.205 e. The first-order valence-electron chi connectivity index (χ1n) is 8.28. The maximum atomic E-state index is 13.4. The van der Waals surface area contributed by atoms with E-state index in [1.165, 1.54) is 30.2 Å². The summed E-state index contributed by atoms with van der Waals surface area (Å²) in [5.41, 5.74) is 1.23. The van der Waals surface area contributed by atoms with Crippen molar-refractivity contribution < 1.29 is 13.6 Å². The number of thioether (sulfide) groups is 1. The fraction of sp³-hybridized carbons (Fsp3) is 0.0500. The van der Waals surface area contributed by atoms with Crippen LogP contribution in [-0.4, -0.2) is 26.3 Å². The highest BCUT2D eigenvalue weighted by molar-refractivity contribution is 7.99. The van der Waals surface area contributed by atoms with E-state index in [1.54, 1.807) is 53.1 Å². The number of benzene rings is 2. The number of aromatic nitrogens is 3. The number of hydrogen-bond donors (Lipinski definition) is 0. The molecule has 0 saturated heterocycles. The summed E-state index contributed by atoms with van der Waals surface area (Å²) in [5.74, 6) is 0.753. The number of hydrogen-bond acceptors (Lipinski definition) is 5. The predicted octanol–water partition coefficient (Wildman–Crippen LogP) is 5.29. The van der Waals surface area contributed by atoms with Gasteiger partial charge in [0.05, 0.1) is 17.7 Å². The number of furan rings is 1. The Hall–Kier alpha value is -2.90. The van der Waals surface area contributed by atoms with Crippen LogP contribution in [-0.2, 0) is 0 Å². The van der Waals surface area contributed by atoms with Gasteiger partial charge in [-0.2, -0.15) is 0 Å². The van der Waals surface area contributed by atoms with Gasteiger partial charge < -0.3 is 4.42 Å². The van der Waals surface area contributed by atoms with Gasteiger partial charge in [0, 0.05) is 10.6 Å². The summed E-state index contributed by atoms with van der Waals surface area (Å²) in [6.07, 6.45) is 1.54. The lowest BCUT2D eigenvalue weighted by Crippen LogP contribution is -2.05. The number of ketones is 1. The van der Waals surface area contributed by atoms with Gasteiger partial charge in [0.15, 0.2) is 16.7 Å². The predicted molar refractivity (Wildman–Crippen MR) is 106 cm³/mol. The SMILES string of the molecule is O=C(CSc1nnc(-c2ccco2)n1-c1ccc(F)cc1)c1ccc(Cl)cc1. The van der Waals surface area contributed by atoms with Crippen LogP contribution in [0.5, 0.6) is 0 Å². The molecule has 0 aliphatic heterocycles. The fourth-order valence-corrected chi connectivity index (χ4v) is 3.57. The standard InChI is InChI=1S/C20H13ClFN3O2S/c21-14-5-3-13(4-6-14)17(26)12-28-20-24-23-19(18-2-1-11-27-18)25(20)16-9-7-15(22)8-10-16/h1-11H,12H2. The lowest BCUT2D eigenvalue weighted by Gasteiger charge is -2.09. The van der Waals surface area contributed by atoms with Crippen LogP contribution in [0, 0.1) is 5.82 Å². The van der Waals surface area contributed by atoms with Crippen molar-refractivity contribution in [2.75, 3.05) is 5.75 Å². The molecule has 2 aromatic carbocycles. The highest BCUT2D eigenvalue weighted by atomic mass is 35.5. The number of nitrogens with zero attached hydrogens (tertiary/aromatic N) is 3. The van der Waals surface area contributed by atoms with E-state index < -0.39 is 0 Å². The first-order valence-corrected chi connectivity index (χ1v) is 9.65. The molecule has 4 rings (SSSR count). The van der Waals surface area contributed by atoms with Gasteiger partial charge in [0.1, 0.15) is 5.82 Å². The Labute approximate surface area is 169 Å². The average molecular weight is 414 g/mol. The second-order valence-corrected chi connectivity index (χ2v) is 7.19. The molecular formula is C20H13ClFN3O2S. The molecule has 0 bridgehead atoms. The molecule has 28 heavy (non-hydrogen) atoms. The first-order chi connectivity index (χ1) is 13.6. The molecule has 2 heterocycles. The third kappa shape index (κ3) is 3.85. The quantitative estimate of drug-likeness (QED) is 0.317. The number of carbonyl (C=O) groups excluding carboxylic acids is 1. The molecule has 0 N–H and O–H groups in total. The van der Waals surface area contributed by atoms with Gasteiger partial charge in [-0.3, -0.25) is 9.36 Å². The van der Waals surface area contributed by atoms with Crippen LogP contribution < -0.4 is 0 Å². The minimum atomic E-state index is -0.344. The summed E-state index contributed by atoms with van der Waals surface area (Å²) in [7, 11) is 0. The monoisotopic (exact) mass is 413 g/mol. The van der Waals surface area contributed by atoms with E-state index in [1.807, 2.05) is 0 Å². The Kier molecular flexibility index (Phi) is 5.27. The fourth-order valence-electron chi connectivity index (χ4n) is 2.60. The van der Waals surface area contributed by atoms with Gasteiger partial charge in [0.25, 0.3) is 0 Å². The van der Waals surface area contributed by atoms with E-state index in [0.29, 0.717) is 33.0 Å². The molecule has 4 aromatic rings. The van der Waals surface area contributed by atoms with Crippen molar-refractivity contribution >= 4 is 29.1 Å². The van der Waals surface area contributed by atoms with E-state index >= 15 is 0 Å². The van der Waals surface area contributed by atoms with Gasteiger partial charge in [-0.05, 0) is 60.7 Å². The van der Waals surface area contributed by atoms with Crippen LogP contribution >= 0.6 is 23.4 Å². The number of rotatable bonds is 6. The zero-order chi connectivity index (χ0) is 19.5. The van der Waals surface area contributed by atoms with E-state index in [0.717, 1.165) is 0 Å². The smallest absolute Gasteiger partial charge is 0.205 e.